The smallest absolute Gasteiger partial charge is 0.358 e. The van der Waals surface area contributed by atoms with Gasteiger partial charge in [-0.1, -0.05) is 5.21 Å². The van der Waals surface area contributed by atoms with Crippen molar-refractivity contribution in [1.82, 2.24) is 15.0 Å². The van der Waals surface area contributed by atoms with Crippen molar-refractivity contribution < 1.29 is 14.3 Å². The molecule has 2 aromatic rings. The standard InChI is InChI=1S/C11H10BrFN4O2/c12-8-2-1-7(5-9(8)13)14-3-4-17-6-10(11(18)19)15-16-17/h1-2,5-6,14H,3-4H2,(H,18,19). The monoisotopic (exact) mass is 328 g/mol. The van der Waals surface area contributed by atoms with Gasteiger partial charge in [-0.15, -0.1) is 5.10 Å². The molecule has 0 bridgehead atoms. The fourth-order valence-electron chi connectivity index (χ4n) is 1.43. The molecule has 0 aliphatic rings. The maximum absolute atomic E-state index is 13.2. The Morgan fingerprint density at radius 2 is 2.32 bits per heavy atom. The van der Waals surface area contributed by atoms with Crippen molar-refractivity contribution in [2.75, 3.05) is 11.9 Å². The third kappa shape index (κ3) is 3.50. The highest BCUT2D eigenvalue weighted by Gasteiger charge is 2.07. The van der Waals surface area contributed by atoms with E-state index in [1.807, 2.05) is 0 Å². The van der Waals surface area contributed by atoms with Gasteiger partial charge in [0, 0.05) is 12.2 Å². The fourth-order valence-corrected chi connectivity index (χ4v) is 1.67. The molecule has 1 heterocycles. The van der Waals surface area contributed by atoms with Gasteiger partial charge < -0.3 is 10.4 Å². The van der Waals surface area contributed by atoms with Crippen LogP contribution in [0, 0.1) is 5.82 Å². The lowest BCUT2D eigenvalue weighted by Crippen LogP contribution is -2.11. The van der Waals surface area contributed by atoms with Gasteiger partial charge in [-0.3, -0.25) is 0 Å². The first kappa shape index (κ1) is 13.5. The quantitative estimate of drug-likeness (QED) is 0.877. The Morgan fingerprint density at radius 1 is 1.53 bits per heavy atom. The lowest BCUT2D eigenvalue weighted by molar-refractivity contribution is 0.0690. The van der Waals surface area contributed by atoms with Crippen LogP contribution in [0.5, 0.6) is 0 Å². The Morgan fingerprint density at radius 3 is 2.95 bits per heavy atom. The highest BCUT2D eigenvalue weighted by atomic mass is 79.9. The van der Waals surface area contributed by atoms with Crippen molar-refractivity contribution >= 4 is 27.6 Å². The molecule has 6 nitrogen and oxygen atoms in total. The van der Waals surface area contributed by atoms with Gasteiger partial charge in [0.25, 0.3) is 0 Å². The molecule has 100 valence electrons. The van der Waals surface area contributed by atoms with E-state index in [0.29, 0.717) is 23.2 Å². The molecule has 1 aromatic carbocycles. The van der Waals surface area contributed by atoms with Crippen LogP contribution in [0.25, 0.3) is 0 Å². The molecule has 0 aliphatic carbocycles. The summed E-state index contributed by atoms with van der Waals surface area (Å²) < 4.78 is 15.1. The fraction of sp³-hybridized carbons (Fsp3) is 0.182. The summed E-state index contributed by atoms with van der Waals surface area (Å²) >= 11 is 3.07. The molecule has 0 fully saturated rings. The minimum absolute atomic E-state index is 0.102. The molecular formula is C11H10BrFN4O2. The second-order valence-electron chi connectivity index (χ2n) is 3.73. The summed E-state index contributed by atoms with van der Waals surface area (Å²) in [6, 6.07) is 4.71. The molecule has 8 heteroatoms. The Hall–Kier alpha value is -1.96. The van der Waals surface area contributed by atoms with Crippen LogP contribution in [0.15, 0.2) is 28.9 Å². The van der Waals surface area contributed by atoms with Crippen molar-refractivity contribution in [3.63, 3.8) is 0 Å². The zero-order valence-corrected chi connectivity index (χ0v) is 11.3. The minimum atomic E-state index is -1.12. The second-order valence-corrected chi connectivity index (χ2v) is 4.58. The van der Waals surface area contributed by atoms with E-state index >= 15 is 0 Å². The van der Waals surface area contributed by atoms with Crippen molar-refractivity contribution in [2.24, 2.45) is 0 Å². The summed E-state index contributed by atoms with van der Waals surface area (Å²) in [5.74, 6) is -1.46. The highest BCUT2D eigenvalue weighted by molar-refractivity contribution is 9.10. The SMILES string of the molecule is O=C(O)c1cn(CCNc2ccc(Br)c(F)c2)nn1. The van der Waals surface area contributed by atoms with Gasteiger partial charge in [-0.05, 0) is 34.1 Å². The van der Waals surface area contributed by atoms with E-state index in [-0.39, 0.29) is 11.5 Å². The summed E-state index contributed by atoms with van der Waals surface area (Å²) in [4.78, 5) is 10.6. The normalized spacial score (nSPS) is 10.4. The maximum atomic E-state index is 13.2. The van der Waals surface area contributed by atoms with Gasteiger partial charge in [0.2, 0.25) is 0 Å². The first-order chi connectivity index (χ1) is 9.06. The van der Waals surface area contributed by atoms with Gasteiger partial charge in [0.1, 0.15) is 5.82 Å². The third-order valence-electron chi connectivity index (χ3n) is 2.35. The number of rotatable bonds is 5. The summed E-state index contributed by atoms with van der Waals surface area (Å²) in [6.07, 6.45) is 1.34. The molecular weight excluding hydrogens is 319 g/mol. The first-order valence-corrected chi connectivity index (χ1v) is 6.18. The first-order valence-electron chi connectivity index (χ1n) is 5.38. The predicted molar refractivity (Wildman–Crippen MR) is 69.6 cm³/mol. The van der Waals surface area contributed by atoms with E-state index in [0.717, 1.165) is 0 Å². The van der Waals surface area contributed by atoms with Gasteiger partial charge >= 0.3 is 5.97 Å². The minimum Gasteiger partial charge on any atom is -0.476 e. The van der Waals surface area contributed by atoms with Crippen molar-refractivity contribution in [3.05, 3.63) is 40.4 Å². The van der Waals surface area contributed by atoms with E-state index in [2.05, 4.69) is 31.6 Å². The van der Waals surface area contributed by atoms with Crippen LogP contribution in [0.3, 0.4) is 0 Å². The molecule has 19 heavy (non-hydrogen) atoms. The molecule has 0 spiro atoms. The molecule has 1 aromatic heterocycles. The average molecular weight is 329 g/mol. The van der Waals surface area contributed by atoms with Crippen molar-refractivity contribution in [1.29, 1.82) is 0 Å². The van der Waals surface area contributed by atoms with Crippen LogP contribution in [-0.4, -0.2) is 32.6 Å². The molecule has 0 amide bonds. The molecule has 0 atom stereocenters. The second kappa shape index (κ2) is 5.79. The average Bonchev–Trinajstić information content (AvgIpc) is 2.83. The highest BCUT2D eigenvalue weighted by Crippen LogP contribution is 2.19. The van der Waals surface area contributed by atoms with E-state index < -0.39 is 5.97 Å². The van der Waals surface area contributed by atoms with E-state index in [4.69, 9.17) is 5.11 Å². The van der Waals surface area contributed by atoms with E-state index in [9.17, 15) is 9.18 Å². The zero-order valence-electron chi connectivity index (χ0n) is 9.68. The summed E-state index contributed by atoms with van der Waals surface area (Å²) in [6.45, 7) is 0.904. The Bertz CT molecular complexity index is 602. The largest absolute Gasteiger partial charge is 0.476 e. The number of carboxylic acids is 1. The van der Waals surface area contributed by atoms with Gasteiger partial charge in [-0.2, -0.15) is 0 Å². The number of halogens is 2. The number of carbonyl (C=O) groups is 1. The van der Waals surface area contributed by atoms with Crippen LogP contribution < -0.4 is 5.32 Å². The molecule has 2 rings (SSSR count). The molecule has 0 saturated heterocycles. The Kier molecular flexibility index (Phi) is 4.10. The predicted octanol–water partition coefficient (Wildman–Crippen LogP) is 1.99. The molecule has 0 unspecified atom stereocenters. The molecule has 0 radical (unpaired) electrons. The number of aromatic nitrogens is 3. The number of anilines is 1. The van der Waals surface area contributed by atoms with Gasteiger partial charge in [-0.25, -0.2) is 13.9 Å². The van der Waals surface area contributed by atoms with Crippen LogP contribution >= 0.6 is 15.9 Å². The van der Waals surface area contributed by atoms with Crippen LogP contribution in [-0.2, 0) is 6.54 Å². The van der Waals surface area contributed by atoms with Gasteiger partial charge in [0.15, 0.2) is 5.69 Å². The molecule has 0 aliphatic heterocycles. The number of aromatic carboxylic acids is 1. The molecule has 2 N–H and O–H groups in total. The van der Waals surface area contributed by atoms with E-state index in [1.165, 1.54) is 16.9 Å². The lowest BCUT2D eigenvalue weighted by atomic mass is 10.3. The summed E-state index contributed by atoms with van der Waals surface area (Å²) in [7, 11) is 0. The van der Waals surface area contributed by atoms with Crippen LogP contribution in [0.4, 0.5) is 10.1 Å². The Labute approximate surface area is 116 Å². The third-order valence-corrected chi connectivity index (χ3v) is 2.99. The van der Waals surface area contributed by atoms with E-state index in [1.54, 1.807) is 12.1 Å². The zero-order chi connectivity index (χ0) is 13.8. The summed E-state index contributed by atoms with van der Waals surface area (Å²) in [5, 5.41) is 18.8. The van der Waals surface area contributed by atoms with Crippen molar-refractivity contribution in [3.8, 4) is 0 Å². The van der Waals surface area contributed by atoms with Crippen LogP contribution in [0.1, 0.15) is 10.5 Å². The Balaban J connectivity index is 1.88. The number of carboxylic acid groups (broad SMARTS) is 1. The summed E-state index contributed by atoms with van der Waals surface area (Å²) in [5.41, 5.74) is 0.536. The van der Waals surface area contributed by atoms with Crippen molar-refractivity contribution in [2.45, 2.75) is 6.54 Å². The lowest BCUT2D eigenvalue weighted by Gasteiger charge is -2.06. The van der Waals surface area contributed by atoms with Gasteiger partial charge in [0.05, 0.1) is 17.2 Å². The molecule has 0 saturated carbocycles. The number of nitrogens with zero attached hydrogens (tertiary/aromatic N) is 3. The number of benzene rings is 1. The van der Waals surface area contributed by atoms with Crippen LogP contribution in [0.2, 0.25) is 0 Å². The number of hydrogen-bond acceptors (Lipinski definition) is 4. The number of hydrogen-bond donors (Lipinski definition) is 2. The maximum Gasteiger partial charge on any atom is 0.358 e. The topological polar surface area (TPSA) is 80.0 Å². The number of nitrogens with one attached hydrogen (secondary N) is 1.